The second kappa shape index (κ2) is 8.11. The third-order valence-corrected chi connectivity index (χ3v) is 3.52. The maximum absolute atomic E-state index is 12.0. The first kappa shape index (κ1) is 16.7. The molecule has 23 heavy (non-hydrogen) atoms. The van der Waals surface area contributed by atoms with Gasteiger partial charge in [0.25, 0.3) is 5.91 Å². The van der Waals surface area contributed by atoms with Crippen LogP contribution in [0.1, 0.15) is 28.8 Å². The Morgan fingerprint density at radius 3 is 2.74 bits per heavy atom. The van der Waals surface area contributed by atoms with Gasteiger partial charge in [-0.2, -0.15) is 5.26 Å². The normalized spacial score (nSPS) is 17.4. The lowest BCUT2D eigenvalue weighted by atomic mass is 10.1. The van der Waals surface area contributed by atoms with E-state index in [4.69, 9.17) is 10.00 Å². The largest absolute Gasteiger partial charge is 0.465 e. The molecule has 1 fully saturated rings. The summed E-state index contributed by atoms with van der Waals surface area (Å²) in [7, 11) is 1.31. The third-order valence-electron chi connectivity index (χ3n) is 3.52. The van der Waals surface area contributed by atoms with E-state index >= 15 is 0 Å². The van der Waals surface area contributed by atoms with E-state index in [1.807, 2.05) is 6.07 Å². The van der Waals surface area contributed by atoms with Crippen molar-refractivity contribution in [1.29, 1.82) is 5.26 Å². The van der Waals surface area contributed by atoms with Crippen LogP contribution in [0.5, 0.6) is 0 Å². The zero-order valence-corrected chi connectivity index (χ0v) is 12.9. The minimum Gasteiger partial charge on any atom is -0.465 e. The molecule has 0 radical (unpaired) electrons. The van der Waals surface area contributed by atoms with Crippen LogP contribution in [0.4, 0.5) is 0 Å². The van der Waals surface area contributed by atoms with Crippen LogP contribution >= 0.6 is 0 Å². The van der Waals surface area contributed by atoms with Crippen molar-refractivity contribution < 1.29 is 19.1 Å². The van der Waals surface area contributed by atoms with Crippen molar-refractivity contribution in [3.63, 3.8) is 0 Å². The summed E-state index contributed by atoms with van der Waals surface area (Å²) in [6.45, 7) is 1.12. The van der Waals surface area contributed by atoms with Crippen molar-refractivity contribution in [2.75, 3.05) is 20.3 Å². The van der Waals surface area contributed by atoms with Crippen LogP contribution in [-0.2, 0) is 14.3 Å². The topological polar surface area (TPSA) is 88.4 Å². The van der Waals surface area contributed by atoms with Crippen LogP contribution in [0.3, 0.4) is 0 Å². The van der Waals surface area contributed by atoms with Crippen LogP contribution in [-0.4, -0.2) is 38.2 Å². The van der Waals surface area contributed by atoms with Crippen LogP contribution in [0.25, 0.3) is 6.08 Å². The van der Waals surface area contributed by atoms with Gasteiger partial charge in [0.05, 0.1) is 18.8 Å². The zero-order valence-electron chi connectivity index (χ0n) is 12.9. The summed E-state index contributed by atoms with van der Waals surface area (Å²) < 4.78 is 10.0. The van der Waals surface area contributed by atoms with Gasteiger partial charge in [0, 0.05) is 13.2 Å². The first-order valence-electron chi connectivity index (χ1n) is 7.34. The molecule has 1 aliphatic rings. The quantitative estimate of drug-likeness (QED) is 0.507. The number of nitriles is 1. The van der Waals surface area contributed by atoms with Gasteiger partial charge in [0.1, 0.15) is 11.6 Å². The number of carbonyl (C=O) groups is 2. The lowest BCUT2D eigenvalue weighted by molar-refractivity contribution is -0.117. The second-order valence-electron chi connectivity index (χ2n) is 5.13. The van der Waals surface area contributed by atoms with E-state index in [0.717, 1.165) is 12.8 Å². The van der Waals surface area contributed by atoms with E-state index in [2.05, 4.69) is 10.1 Å². The van der Waals surface area contributed by atoms with Crippen molar-refractivity contribution in [2.24, 2.45) is 0 Å². The van der Waals surface area contributed by atoms with Gasteiger partial charge in [-0.25, -0.2) is 4.79 Å². The first-order chi connectivity index (χ1) is 11.1. The van der Waals surface area contributed by atoms with Crippen LogP contribution in [0, 0.1) is 11.3 Å². The molecule has 0 aromatic heterocycles. The van der Waals surface area contributed by atoms with Crippen molar-refractivity contribution in [1.82, 2.24) is 5.32 Å². The van der Waals surface area contributed by atoms with Gasteiger partial charge in [-0.05, 0) is 36.6 Å². The lowest BCUT2D eigenvalue weighted by Gasteiger charge is -2.10. The van der Waals surface area contributed by atoms with E-state index in [0.29, 0.717) is 24.3 Å². The van der Waals surface area contributed by atoms with Gasteiger partial charge in [-0.15, -0.1) is 0 Å². The molecule has 1 heterocycles. The van der Waals surface area contributed by atoms with Crippen molar-refractivity contribution >= 4 is 18.0 Å². The van der Waals surface area contributed by atoms with Gasteiger partial charge in [-0.3, -0.25) is 4.79 Å². The fraction of sp³-hybridized carbons (Fsp3) is 0.353. The van der Waals surface area contributed by atoms with Crippen LogP contribution in [0.15, 0.2) is 29.8 Å². The third kappa shape index (κ3) is 4.66. The SMILES string of the molecule is COC(=O)c1ccc(/C=C(\C#N)C(=O)NCC2CCCO2)cc1. The number of benzene rings is 1. The molecule has 2 rings (SSSR count). The minimum absolute atomic E-state index is 0.00816. The van der Waals surface area contributed by atoms with Crippen molar-refractivity contribution in [2.45, 2.75) is 18.9 Å². The molecule has 1 atom stereocenters. The average Bonchev–Trinajstić information content (AvgIpc) is 3.11. The van der Waals surface area contributed by atoms with Gasteiger partial charge in [0.2, 0.25) is 0 Å². The zero-order chi connectivity index (χ0) is 16.7. The monoisotopic (exact) mass is 314 g/mol. The van der Waals surface area contributed by atoms with Gasteiger partial charge in [-0.1, -0.05) is 12.1 Å². The highest BCUT2D eigenvalue weighted by Gasteiger charge is 2.17. The molecule has 1 N–H and O–H groups in total. The first-order valence-corrected chi connectivity index (χ1v) is 7.34. The molecular weight excluding hydrogens is 296 g/mol. The van der Waals surface area contributed by atoms with E-state index in [-0.39, 0.29) is 11.7 Å². The number of ether oxygens (including phenoxy) is 2. The predicted molar refractivity (Wildman–Crippen MR) is 83.4 cm³/mol. The molecule has 1 aliphatic heterocycles. The number of esters is 1. The summed E-state index contributed by atoms with van der Waals surface area (Å²) in [5, 5.41) is 11.9. The number of nitrogens with zero attached hydrogens (tertiary/aromatic N) is 1. The molecule has 0 bridgehead atoms. The Balaban J connectivity index is 2.01. The number of amides is 1. The summed E-state index contributed by atoms with van der Waals surface area (Å²) in [5.74, 6) is -0.865. The summed E-state index contributed by atoms with van der Waals surface area (Å²) in [6.07, 6.45) is 3.42. The fourth-order valence-electron chi connectivity index (χ4n) is 2.26. The molecule has 1 saturated heterocycles. The number of hydrogen-bond acceptors (Lipinski definition) is 5. The van der Waals surface area contributed by atoms with E-state index < -0.39 is 11.9 Å². The molecule has 120 valence electrons. The van der Waals surface area contributed by atoms with Crippen LogP contribution < -0.4 is 5.32 Å². The molecule has 0 saturated carbocycles. The van der Waals surface area contributed by atoms with Gasteiger partial charge >= 0.3 is 5.97 Å². The minimum atomic E-state index is -0.435. The molecule has 1 aromatic rings. The van der Waals surface area contributed by atoms with E-state index in [9.17, 15) is 9.59 Å². The highest BCUT2D eigenvalue weighted by molar-refractivity contribution is 6.01. The highest BCUT2D eigenvalue weighted by atomic mass is 16.5. The molecule has 0 spiro atoms. The fourth-order valence-corrected chi connectivity index (χ4v) is 2.26. The summed E-state index contributed by atoms with van der Waals surface area (Å²) in [6, 6.07) is 8.35. The van der Waals surface area contributed by atoms with E-state index in [1.54, 1.807) is 24.3 Å². The standard InChI is InChI=1S/C17H18N2O4/c1-22-17(21)13-6-4-12(5-7-13)9-14(10-18)16(20)19-11-15-3-2-8-23-15/h4-7,9,15H,2-3,8,11H2,1H3,(H,19,20)/b14-9+. The van der Waals surface area contributed by atoms with Crippen molar-refractivity contribution in [3.05, 3.63) is 41.0 Å². The summed E-state index contributed by atoms with van der Waals surface area (Å²) in [4.78, 5) is 23.4. The van der Waals surface area contributed by atoms with E-state index in [1.165, 1.54) is 13.2 Å². The molecule has 6 nitrogen and oxygen atoms in total. The molecule has 1 aromatic carbocycles. The number of rotatable bonds is 5. The second-order valence-corrected chi connectivity index (χ2v) is 5.13. The Kier molecular flexibility index (Phi) is 5.89. The van der Waals surface area contributed by atoms with Gasteiger partial charge < -0.3 is 14.8 Å². The van der Waals surface area contributed by atoms with Crippen molar-refractivity contribution in [3.8, 4) is 6.07 Å². The molecule has 1 amide bonds. The molecule has 1 unspecified atom stereocenters. The molecule has 0 aliphatic carbocycles. The highest BCUT2D eigenvalue weighted by Crippen LogP contribution is 2.12. The maximum Gasteiger partial charge on any atom is 0.337 e. The predicted octanol–water partition coefficient (Wildman–Crippen LogP) is 1.68. The number of carbonyl (C=O) groups excluding carboxylic acids is 2. The Labute approximate surface area is 134 Å². The number of nitrogens with one attached hydrogen (secondary N) is 1. The Hall–Kier alpha value is -2.65. The smallest absolute Gasteiger partial charge is 0.337 e. The number of methoxy groups -OCH3 is 1. The molecule has 6 heteroatoms. The maximum atomic E-state index is 12.0. The Morgan fingerprint density at radius 2 is 2.17 bits per heavy atom. The summed E-state index contributed by atoms with van der Waals surface area (Å²) >= 11 is 0. The van der Waals surface area contributed by atoms with Crippen LogP contribution in [0.2, 0.25) is 0 Å². The Morgan fingerprint density at radius 1 is 1.43 bits per heavy atom. The lowest BCUT2D eigenvalue weighted by Crippen LogP contribution is -2.32. The van der Waals surface area contributed by atoms with Gasteiger partial charge in [0.15, 0.2) is 0 Å². The average molecular weight is 314 g/mol. The Bertz CT molecular complexity index is 638. The molecular formula is C17H18N2O4. The summed E-state index contributed by atoms with van der Waals surface area (Å²) in [5.41, 5.74) is 1.07. The number of hydrogen-bond donors (Lipinski definition) is 1.